The Bertz CT molecular complexity index is 1360. The molecular formula is C23H18N4O2S. The normalized spacial score (nSPS) is 11.2. The van der Waals surface area contributed by atoms with Gasteiger partial charge in [-0.15, -0.1) is 10.2 Å². The molecular weight excluding hydrogens is 396 g/mol. The van der Waals surface area contributed by atoms with Gasteiger partial charge in [0.15, 0.2) is 5.16 Å². The minimum Gasteiger partial charge on any atom is -0.493 e. The van der Waals surface area contributed by atoms with Crippen molar-refractivity contribution in [2.75, 3.05) is 12.4 Å². The molecule has 0 bridgehead atoms. The van der Waals surface area contributed by atoms with Crippen molar-refractivity contribution in [2.45, 2.75) is 5.16 Å². The molecule has 0 aliphatic heterocycles. The van der Waals surface area contributed by atoms with Gasteiger partial charge in [-0.3, -0.25) is 9.20 Å². The molecule has 0 aliphatic carbocycles. The zero-order chi connectivity index (χ0) is 20.3. The smallest absolute Gasteiger partial charge is 0.267 e. The van der Waals surface area contributed by atoms with Crippen molar-refractivity contribution in [1.29, 1.82) is 0 Å². The molecule has 0 spiro atoms. The highest BCUT2D eigenvalue weighted by Gasteiger charge is 2.17. The summed E-state index contributed by atoms with van der Waals surface area (Å²) in [6.45, 7) is 0.542. The van der Waals surface area contributed by atoms with Crippen molar-refractivity contribution in [1.82, 2.24) is 19.2 Å². The molecule has 0 saturated carbocycles. The third kappa shape index (κ3) is 3.33. The molecule has 2 aromatic heterocycles. The van der Waals surface area contributed by atoms with Gasteiger partial charge in [-0.2, -0.15) is 0 Å². The van der Waals surface area contributed by atoms with Crippen LogP contribution in [0.15, 0.2) is 94.9 Å². The Hall–Kier alpha value is -3.58. The van der Waals surface area contributed by atoms with Crippen LogP contribution < -0.4 is 10.3 Å². The number of benzene rings is 3. The molecule has 5 rings (SSSR count). The molecule has 6 nitrogen and oxygen atoms in total. The second-order valence-electron chi connectivity index (χ2n) is 6.62. The van der Waals surface area contributed by atoms with Crippen molar-refractivity contribution in [3.8, 4) is 11.4 Å². The van der Waals surface area contributed by atoms with Gasteiger partial charge < -0.3 is 4.74 Å². The third-order valence-corrected chi connectivity index (χ3v) is 5.63. The maximum absolute atomic E-state index is 13.2. The van der Waals surface area contributed by atoms with Crippen molar-refractivity contribution in [2.24, 2.45) is 0 Å². The lowest BCUT2D eigenvalue weighted by Gasteiger charge is -2.11. The fraction of sp³-hybridized carbons (Fsp3) is 0.0870. The number of para-hydroxylation sites is 3. The quantitative estimate of drug-likeness (QED) is 0.308. The first-order chi connectivity index (χ1) is 14.8. The van der Waals surface area contributed by atoms with Gasteiger partial charge in [-0.1, -0.05) is 60.3 Å². The Morgan fingerprint density at radius 2 is 1.53 bits per heavy atom. The van der Waals surface area contributed by atoms with Crippen LogP contribution in [-0.4, -0.2) is 31.5 Å². The fourth-order valence-corrected chi connectivity index (χ4v) is 4.15. The van der Waals surface area contributed by atoms with E-state index in [9.17, 15) is 4.79 Å². The number of hydrogen-bond acceptors (Lipinski definition) is 5. The highest BCUT2D eigenvalue weighted by atomic mass is 32.2. The van der Waals surface area contributed by atoms with Crippen LogP contribution in [-0.2, 0) is 0 Å². The Balaban J connectivity index is 1.54. The van der Waals surface area contributed by atoms with E-state index in [0.717, 1.165) is 22.1 Å². The summed E-state index contributed by atoms with van der Waals surface area (Å²) in [4.78, 5) is 13.2. The van der Waals surface area contributed by atoms with Crippen molar-refractivity contribution in [3.63, 3.8) is 0 Å². The molecule has 0 atom stereocenters. The van der Waals surface area contributed by atoms with Gasteiger partial charge in [0.2, 0.25) is 5.78 Å². The molecule has 0 amide bonds. The van der Waals surface area contributed by atoms with Crippen molar-refractivity contribution >= 4 is 28.4 Å². The average molecular weight is 414 g/mol. The van der Waals surface area contributed by atoms with Crippen LogP contribution in [0.1, 0.15) is 0 Å². The minimum atomic E-state index is -0.110. The van der Waals surface area contributed by atoms with Gasteiger partial charge in [0.1, 0.15) is 5.75 Å². The molecule has 0 unspecified atom stereocenters. The zero-order valence-corrected chi connectivity index (χ0v) is 16.8. The standard InChI is InChI=1S/C23H18N4O2S/c28-21-19-13-7-8-14-20(19)27-22(26(21)17-9-3-1-4-10-17)24-25-23(27)30-16-15-29-18-11-5-2-6-12-18/h1-14H,15-16H2. The topological polar surface area (TPSA) is 61.4 Å². The summed E-state index contributed by atoms with van der Waals surface area (Å²) in [5.41, 5.74) is 1.44. The molecule has 0 fully saturated rings. The second kappa shape index (κ2) is 8.04. The van der Waals surface area contributed by atoms with E-state index in [4.69, 9.17) is 4.74 Å². The van der Waals surface area contributed by atoms with Crippen LogP contribution in [0.3, 0.4) is 0 Å². The first kappa shape index (κ1) is 18.4. The molecule has 5 aromatic rings. The number of thioether (sulfide) groups is 1. The third-order valence-electron chi connectivity index (χ3n) is 4.74. The molecule has 148 valence electrons. The molecule has 0 saturated heterocycles. The van der Waals surface area contributed by atoms with Crippen LogP contribution >= 0.6 is 11.8 Å². The minimum absolute atomic E-state index is 0.110. The van der Waals surface area contributed by atoms with Gasteiger partial charge in [0, 0.05) is 5.75 Å². The van der Waals surface area contributed by atoms with E-state index in [2.05, 4.69) is 10.2 Å². The van der Waals surface area contributed by atoms with Gasteiger partial charge >= 0.3 is 0 Å². The van der Waals surface area contributed by atoms with E-state index in [0.29, 0.717) is 23.5 Å². The number of hydrogen-bond donors (Lipinski definition) is 0. The van der Waals surface area contributed by atoms with E-state index in [-0.39, 0.29) is 5.56 Å². The number of fused-ring (bicyclic) bond motifs is 3. The highest BCUT2D eigenvalue weighted by molar-refractivity contribution is 7.99. The summed E-state index contributed by atoms with van der Waals surface area (Å²) in [5, 5.41) is 10.1. The Morgan fingerprint density at radius 3 is 2.33 bits per heavy atom. The number of ether oxygens (including phenoxy) is 1. The molecule has 2 heterocycles. The summed E-state index contributed by atoms with van der Waals surface area (Å²) >= 11 is 1.55. The van der Waals surface area contributed by atoms with Crippen LogP contribution in [0.2, 0.25) is 0 Å². The molecule has 30 heavy (non-hydrogen) atoms. The fourth-order valence-electron chi connectivity index (χ4n) is 3.39. The van der Waals surface area contributed by atoms with Gasteiger partial charge in [0.05, 0.1) is 23.2 Å². The lowest BCUT2D eigenvalue weighted by molar-refractivity contribution is 0.344. The van der Waals surface area contributed by atoms with Gasteiger partial charge in [-0.05, 0) is 36.4 Å². The van der Waals surface area contributed by atoms with Crippen LogP contribution in [0.5, 0.6) is 5.75 Å². The van der Waals surface area contributed by atoms with E-state index < -0.39 is 0 Å². The Morgan fingerprint density at radius 1 is 0.833 bits per heavy atom. The Kier molecular flexibility index (Phi) is 4.94. The predicted molar refractivity (Wildman–Crippen MR) is 119 cm³/mol. The summed E-state index contributed by atoms with van der Waals surface area (Å²) in [6, 6.07) is 26.8. The van der Waals surface area contributed by atoms with Gasteiger partial charge in [-0.25, -0.2) is 4.57 Å². The SMILES string of the molecule is O=c1c2ccccc2n2c(SCCOc3ccccc3)nnc2n1-c1ccccc1. The lowest BCUT2D eigenvalue weighted by atomic mass is 10.2. The summed E-state index contributed by atoms with van der Waals surface area (Å²) in [5.74, 6) is 2.04. The maximum Gasteiger partial charge on any atom is 0.267 e. The highest BCUT2D eigenvalue weighted by Crippen LogP contribution is 2.23. The number of aromatic nitrogens is 4. The van der Waals surface area contributed by atoms with Crippen molar-refractivity contribution < 1.29 is 4.74 Å². The maximum atomic E-state index is 13.2. The van der Waals surface area contributed by atoms with E-state index >= 15 is 0 Å². The average Bonchev–Trinajstić information content (AvgIpc) is 3.22. The Labute approximate surface area is 176 Å². The molecule has 0 aliphatic rings. The first-order valence-electron chi connectivity index (χ1n) is 9.58. The summed E-state index contributed by atoms with van der Waals surface area (Å²) in [7, 11) is 0. The zero-order valence-electron chi connectivity index (χ0n) is 16.0. The van der Waals surface area contributed by atoms with Gasteiger partial charge in [0.25, 0.3) is 5.56 Å². The predicted octanol–water partition coefficient (Wildman–Crippen LogP) is 4.20. The summed E-state index contributed by atoms with van der Waals surface area (Å²) in [6.07, 6.45) is 0. The first-order valence-corrected chi connectivity index (χ1v) is 10.6. The number of rotatable bonds is 6. The largest absolute Gasteiger partial charge is 0.493 e. The van der Waals surface area contributed by atoms with Crippen molar-refractivity contribution in [3.05, 3.63) is 95.3 Å². The summed E-state index contributed by atoms with van der Waals surface area (Å²) < 4.78 is 9.33. The monoisotopic (exact) mass is 414 g/mol. The van der Waals surface area contributed by atoms with E-state index in [1.165, 1.54) is 0 Å². The van der Waals surface area contributed by atoms with Crippen LogP contribution in [0.25, 0.3) is 22.4 Å². The molecule has 0 N–H and O–H groups in total. The van der Waals surface area contributed by atoms with Crippen LogP contribution in [0, 0.1) is 0 Å². The molecule has 0 radical (unpaired) electrons. The molecule has 7 heteroatoms. The lowest BCUT2D eigenvalue weighted by Crippen LogP contribution is -2.21. The van der Waals surface area contributed by atoms with Crippen LogP contribution in [0.4, 0.5) is 0 Å². The molecule has 3 aromatic carbocycles. The van der Waals surface area contributed by atoms with E-state index in [1.807, 2.05) is 89.3 Å². The second-order valence-corrected chi connectivity index (χ2v) is 7.68. The van der Waals surface area contributed by atoms with E-state index in [1.54, 1.807) is 16.3 Å². The number of nitrogens with zero attached hydrogens (tertiary/aromatic N) is 4.